The molecule has 0 aliphatic rings. The van der Waals surface area contributed by atoms with Gasteiger partial charge in [-0.05, 0) is 63.6 Å². The second-order valence-electron chi connectivity index (χ2n) is 5.63. The summed E-state index contributed by atoms with van der Waals surface area (Å²) in [6, 6.07) is 8.59. The zero-order valence-electron chi connectivity index (χ0n) is 14.4. The summed E-state index contributed by atoms with van der Waals surface area (Å²) in [4.78, 5) is 26.3. The van der Waals surface area contributed by atoms with E-state index in [1.54, 1.807) is 35.6 Å². The van der Waals surface area contributed by atoms with Gasteiger partial charge in [0, 0.05) is 27.5 Å². The monoisotopic (exact) mass is 345 g/mol. The first-order valence-corrected chi connectivity index (χ1v) is 8.75. The van der Waals surface area contributed by atoms with Crippen molar-refractivity contribution in [1.29, 1.82) is 0 Å². The Hall–Kier alpha value is -2.34. The Kier molecular flexibility index (Phi) is 5.98. The molecule has 0 saturated carbocycles. The smallest absolute Gasteiger partial charge is 0.319 e. The summed E-state index contributed by atoms with van der Waals surface area (Å²) in [6.07, 6.45) is 0. The van der Waals surface area contributed by atoms with Gasteiger partial charge in [0.15, 0.2) is 0 Å². The molecule has 2 aromatic rings. The van der Waals surface area contributed by atoms with Crippen molar-refractivity contribution in [2.24, 2.45) is 0 Å². The Morgan fingerprint density at radius 3 is 2.38 bits per heavy atom. The lowest BCUT2D eigenvalue weighted by Crippen LogP contribution is -2.31. The lowest BCUT2D eigenvalue weighted by atomic mass is 10.1. The largest absolute Gasteiger partial charge is 0.352 e. The van der Waals surface area contributed by atoms with Crippen molar-refractivity contribution < 1.29 is 9.59 Å². The lowest BCUT2D eigenvalue weighted by molar-refractivity contribution is 0.0956. The van der Waals surface area contributed by atoms with Crippen LogP contribution >= 0.6 is 11.3 Å². The average molecular weight is 345 g/mol. The summed E-state index contributed by atoms with van der Waals surface area (Å²) < 4.78 is 0. The van der Waals surface area contributed by atoms with Gasteiger partial charge < -0.3 is 16.0 Å². The molecule has 3 N–H and O–H groups in total. The van der Waals surface area contributed by atoms with Crippen molar-refractivity contribution in [1.82, 2.24) is 10.6 Å². The number of hydrogen-bond acceptors (Lipinski definition) is 3. The van der Waals surface area contributed by atoms with Crippen LogP contribution in [-0.2, 0) is 0 Å². The first kappa shape index (κ1) is 18.0. The predicted molar refractivity (Wildman–Crippen MR) is 98.8 cm³/mol. The Bertz CT molecular complexity index is 722. The number of thiophene rings is 1. The quantitative estimate of drug-likeness (QED) is 0.766. The van der Waals surface area contributed by atoms with Gasteiger partial charge in [-0.1, -0.05) is 0 Å². The number of benzene rings is 1. The normalized spacial score (nSPS) is 11.7. The number of nitrogens with one attached hydrogen (secondary N) is 3. The highest BCUT2D eigenvalue weighted by atomic mass is 32.1. The highest BCUT2D eigenvalue weighted by Gasteiger charge is 2.14. The van der Waals surface area contributed by atoms with Crippen LogP contribution in [0.15, 0.2) is 30.3 Å². The van der Waals surface area contributed by atoms with Crippen molar-refractivity contribution in [3.8, 4) is 0 Å². The standard InChI is InChI=1S/C18H23N3O2S/c1-5-19-17(22)14-6-8-15(9-7-14)21-18(23)20-12(3)16-10-11(2)24-13(16)4/h6-10,12H,5H2,1-4H3,(H,19,22)(H2,20,21,23)/t12-/m0/s1. The summed E-state index contributed by atoms with van der Waals surface area (Å²) >= 11 is 1.73. The molecule has 0 saturated heterocycles. The molecule has 1 atom stereocenters. The lowest BCUT2D eigenvalue weighted by Gasteiger charge is -2.15. The highest BCUT2D eigenvalue weighted by Crippen LogP contribution is 2.26. The van der Waals surface area contributed by atoms with E-state index in [0.29, 0.717) is 17.8 Å². The Morgan fingerprint density at radius 1 is 1.17 bits per heavy atom. The molecule has 3 amide bonds. The molecule has 0 fully saturated rings. The van der Waals surface area contributed by atoms with Crippen LogP contribution in [0.5, 0.6) is 0 Å². The molecule has 1 heterocycles. The second-order valence-corrected chi connectivity index (χ2v) is 7.09. The fourth-order valence-electron chi connectivity index (χ4n) is 2.49. The van der Waals surface area contributed by atoms with Crippen LogP contribution in [0, 0.1) is 13.8 Å². The van der Waals surface area contributed by atoms with E-state index in [2.05, 4.69) is 35.9 Å². The van der Waals surface area contributed by atoms with Crippen molar-refractivity contribution in [3.05, 3.63) is 51.2 Å². The van der Waals surface area contributed by atoms with Crippen molar-refractivity contribution in [2.45, 2.75) is 33.7 Å². The molecule has 2 rings (SSSR count). The van der Waals surface area contributed by atoms with Gasteiger partial charge in [0.25, 0.3) is 5.91 Å². The van der Waals surface area contributed by atoms with E-state index in [1.807, 2.05) is 13.8 Å². The van der Waals surface area contributed by atoms with Crippen molar-refractivity contribution in [3.63, 3.8) is 0 Å². The third-order valence-electron chi connectivity index (χ3n) is 3.64. The van der Waals surface area contributed by atoms with Crippen molar-refractivity contribution in [2.75, 3.05) is 11.9 Å². The third-order valence-corrected chi connectivity index (χ3v) is 4.62. The zero-order valence-corrected chi connectivity index (χ0v) is 15.2. The van der Waals surface area contributed by atoms with Crippen LogP contribution < -0.4 is 16.0 Å². The number of carbonyl (C=O) groups excluding carboxylic acids is 2. The molecule has 128 valence electrons. The summed E-state index contributed by atoms with van der Waals surface area (Å²) in [5.41, 5.74) is 2.35. The maximum Gasteiger partial charge on any atom is 0.319 e. The zero-order chi connectivity index (χ0) is 17.7. The molecule has 0 spiro atoms. The summed E-state index contributed by atoms with van der Waals surface area (Å²) in [5.74, 6) is -0.120. The van der Waals surface area contributed by atoms with E-state index < -0.39 is 0 Å². The van der Waals surface area contributed by atoms with Gasteiger partial charge in [-0.15, -0.1) is 11.3 Å². The number of urea groups is 1. The second kappa shape index (κ2) is 7.97. The first-order chi connectivity index (χ1) is 11.4. The van der Waals surface area contributed by atoms with Gasteiger partial charge in [-0.2, -0.15) is 0 Å². The number of hydrogen-bond donors (Lipinski definition) is 3. The molecular weight excluding hydrogens is 322 g/mol. The number of anilines is 1. The predicted octanol–water partition coefficient (Wildman–Crippen LogP) is 4.00. The topological polar surface area (TPSA) is 70.2 Å². The maximum absolute atomic E-state index is 12.1. The van der Waals surface area contributed by atoms with E-state index in [-0.39, 0.29) is 18.0 Å². The van der Waals surface area contributed by atoms with Crippen LogP contribution in [0.2, 0.25) is 0 Å². The van der Waals surface area contributed by atoms with Gasteiger partial charge in [-0.3, -0.25) is 4.79 Å². The Labute approximate surface area is 146 Å². The van der Waals surface area contributed by atoms with E-state index in [0.717, 1.165) is 5.56 Å². The van der Waals surface area contributed by atoms with E-state index in [4.69, 9.17) is 0 Å². The first-order valence-electron chi connectivity index (χ1n) is 7.93. The molecule has 0 aliphatic heterocycles. The third kappa shape index (κ3) is 4.58. The maximum atomic E-state index is 12.1. The number of aryl methyl sites for hydroxylation is 2. The van der Waals surface area contributed by atoms with Crippen LogP contribution in [-0.4, -0.2) is 18.5 Å². The van der Waals surface area contributed by atoms with Gasteiger partial charge in [-0.25, -0.2) is 4.79 Å². The molecule has 24 heavy (non-hydrogen) atoms. The minimum atomic E-state index is -0.267. The van der Waals surface area contributed by atoms with Crippen LogP contribution in [0.25, 0.3) is 0 Å². The molecule has 1 aromatic carbocycles. The van der Waals surface area contributed by atoms with Gasteiger partial charge in [0.1, 0.15) is 0 Å². The Balaban J connectivity index is 1.94. The molecule has 5 nitrogen and oxygen atoms in total. The number of rotatable bonds is 5. The summed E-state index contributed by atoms with van der Waals surface area (Å²) in [7, 11) is 0. The molecular formula is C18H23N3O2S. The SMILES string of the molecule is CCNC(=O)c1ccc(NC(=O)N[C@@H](C)c2cc(C)sc2C)cc1. The molecule has 1 aromatic heterocycles. The van der Waals surface area contributed by atoms with E-state index in [1.165, 1.54) is 9.75 Å². The number of carbonyl (C=O) groups is 2. The minimum absolute atomic E-state index is 0.0652. The fraction of sp³-hybridized carbons (Fsp3) is 0.333. The molecule has 0 unspecified atom stereocenters. The molecule has 0 bridgehead atoms. The average Bonchev–Trinajstić information content (AvgIpc) is 2.87. The Morgan fingerprint density at radius 2 is 1.83 bits per heavy atom. The van der Waals surface area contributed by atoms with Gasteiger partial charge in [0.2, 0.25) is 0 Å². The molecule has 0 aliphatic carbocycles. The summed E-state index contributed by atoms with van der Waals surface area (Å²) in [5, 5.41) is 8.46. The summed E-state index contributed by atoms with van der Waals surface area (Å²) in [6.45, 7) is 8.54. The van der Waals surface area contributed by atoms with Crippen molar-refractivity contribution >= 4 is 29.0 Å². The van der Waals surface area contributed by atoms with E-state index in [9.17, 15) is 9.59 Å². The van der Waals surface area contributed by atoms with Crippen LogP contribution in [0.1, 0.15) is 45.6 Å². The molecule has 0 radical (unpaired) electrons. The van der Waals surface area contributed by atoms with Gasteiger partial charge in [0.05, 0.1) is 6.04 Å². The van der Waals surface area contributed by atoms with Crippen LogP contribution in [0.3, 0.4) is 0 Å². The highest BCUT2D eigenvalue weighted by molar-refractivity contribution is 7.12. The minimum Gasteiger partial charge on any atom is -0.352 e. The molecule has 6 heteroatoms. The van der Waals surface area contributed by atoms with Crippen LogP contribution in [0.4, 0.5) is 10.5 Å². The van der Waals surface area contributed by atoms with E-state index >= 15 is 0 Å². The van der Waals surface area contributed by atoms with Gasteiger partial charge >= 0.3 is 6.03 Å². The number of amides is 3. The fourth-order valence-corrected chi connectivity index (χ4v) is 3.51.